The van der Waals surface area contributed by atoms with Crippen LogP contribution >= 0.6 is 0 Å². The van der Waals surface area contributed by atoms with Crippen molar-refractivity contribution in [2.24, 2.45) is 0 Å². The van der Waals surface area contributed by atoms with Crippen molar-refractivity contribution in [3.05, 3.63) is 53.7 Å². The standard InChI is InChI=1S/C12H8F2N2O4S/c13-8-2-1-3-9(11(8)14)16-21(19,20)10-5-4-7(6-15-10)12(17)18/h1-6,16H,(H,17,18). The molecule has 1 aromatic carbocycles. The summed E-state index contributed by atoms with van der Waals surface area (Å²) >= 11 is 0. The molecule has 0 aliphatic carbocycles. The fraction of sp³-hybridized carbons (Fsp3) is 0. The number of benzene rings is 1. The number of anilines is 1. The van der Waals surface area contributed by atoms with Gasteiger partial charge in [-0.15, -0.1) is 0 Å². The molecule has 0 aliphatic heterocycles. The van der Waals surface area contributed by atoms with E-state index in [-0.39, 0.29) is 5.56 Å². The van der Waals surface area contributed by atoms with Crippen molar-refractivity contribution in [1.29, 1.82) is 0 Å². The Balaban J connectivity index is 2.34. The quantitative estimate of drug-likeness (QED) is 0.898. The molecule has 0 spiro atoms. The van der Waals surface area contributed by atoms with E-state index >= 15 is 0 Å². The molecule has 0 fully saturated rings. The minimum atomic E-state index is -4.26. The fourth-order valence-corrected chi connectivity index (χ4v) is 2.44. The van der Waals surface area contributed by atoms with E-state index in [4.69, 9.17) is 5.11 Å². The molecule has 9 heteroatoms. The summed E-state index contributed by atoms with van der Waals surface area (Å²) in [4.78, 5) is 14.1. The minimum absolute atomic E-state index is 0.203. The van der Waals surface area contributed by atoms with Gasteiger partial charge < -0.3 is 5.11 Å². The van der Waals surface area contributed by atoms with Gasteiger partial charge in [0.05, 0.1) is 11.3 Å². The van der Waals surface area contributed by atoms with E-state index in [1.54, 1.807) is 0 Å². The van der Waals surface area contributed by atoms with Crippen LogP contribution in [-0.2, 0) is 10.0 Å². The van der Waals surface area contributed by atoms with Gasteiger partial charge in [0, 0.05) is 6.20 Å². The largest absolute Gasteiger partial charge is 0.478 e. The molecule has 0 atom stereocenters. The van der Waals surface area contributed by atoms with Gasteiger partial charge in [-0.1, -0.05) is 6.07 Å². The molecule has 0 saturated carbocycles. The first-order valence-electron chi connectivity index (χ1n) is 5.47. The molecular formula is C12H8F2N2O4S. The lowest BCUT2D eigenvalue weighted by Gasteiger charge is -2.08. The lowest BCUT2D eigenvalue weighted by Crippen LogP contribution is -2.16. The first-order valence-corrected chi connectivity index (χ1v) is 6.96. The van der Waals surface area contributed by atoms with Crippen molar-refractivity contribution in [2.45, 2.75) is 5.03 Å². The third-order valence-corrected chi connectivity index (χ3v) is 3.74. The van der Waals surface area contributed by atoms with E-state index < -0.39 is 38.3 Å². The van der Waals surface area contributed by atoms with E-state index in [0.717, 1.165) is 36.5 Å². The van der Waals surface area contributed by atoms with Gasteiger partial charge in [0.2, 0.25) is 0 Å². The zero-order valence-electron chi connectivity index (χ0n) is 10.2. The summed E-state index contributed by atoms with van der Waals surface area (Å²) in [7, 11) is -4.26. The number of carbonyl (C=O) groups is 1. The number of hydrogen-bond donors (Lipinski definition) is 2. The molecule has 110 valence electrons. The second kappa shape index (κ2) is 5.44. The highest BCUT2D eigenvalue weighted by atomic mass is 32.2. The maximum Gasteiger partial charge on any atom is 0.337 e. The Kier molecular flexibility index (Phi) is 3.85. The number of aromatic carboxylic acids is 1. The number of nitrogens with zero attached hydrogens (tertiary/aromatic N) is 1. The van der Waals surface area contributed by atoms with E-state index in [9.17, 15) is 22.0 Å². The molecule has 2 N–H and O–H groups in total. The topological polar surface area (TPSA) is 96.4 Å². The lowest BCUT2D eigenvalue weighted by atomic mass is 10.3. The molecule has 0 unspecified atom stereocenters. The smallest absolute Gasteiger partial charge is 0.337 e. The Labute approximate surface area is 118 Å². The monoisotopic (exact) mass is 314 g/mol. The molecule has 2 rings (SSSR count). The first kappa shape index (κ1) is 14.9. The molecule has 2 aromatic rings. The summed E-state index contributed by atoms with van der Waals surface area (Å²) in [6.07, 6.45) is 0.846. The predicted octanol–water partition coefficient (Wildman–Crippen LogP) is 1.86. The van der Waals surface area contributed by atoms with Crippen molar-refractivity contribution in [1.82, 2.24) is 4.98 Å². The molecule has 0 radical (unpaired) electrons. The average molecular weight is 314 g/mol. The van der Waals surface area contributed by atoms with Gasteiger partial charge in [0.25, 0.3) is 10.0 Å². The van der Waals surface area contributed by atoms with Gasteiger partial charge in [-0.25, -0.2) is 18.6 Å². The minimum Gasteiger partial charge on any atom is -0.478 e. The van der Waals surface area contributed by atoms with Crippen LogP contribution in [0.5, 0.6) is 0 Å². The van der Waals surface area contributed by atoms with E-state index in [1.807, 2.05) is 4.72 Å². The average Bonchev–Trinajstić information content (AvgIpc) is 2.44. The molecule has 0 bridgehead atoms. The van der Waals surface area contributed by atoms with Crippen LogP contribution in [0.2, 0.25) is 0 Å². The zero-order valence-corrected chi connectivity index (χ0v) is 11.1. The number of carboxylic acid groups (broad SMARTS) is 1. The number of carboxylic acids is 1. The number of sulfonamides is 1. The SMILES string of the molecule is O=C(O)c1ccc(S(=O)(=O)Nc2cccc(F)c2F)nc1. The summed E-state index contributed by atoms with van der Waals surface area (Å²) < 4.78 is 52.1. The third kappa shape index (κ3) is 3.14. The highest BCUT2D eigenvalue weighted by Gasteiger charge is 2.19. The Bertz CT molecular complexity index is 791. The van der Waals surface area contributed by atoms with Crippen LogP contribution < -0.4 is 4.72 Å². The van der Waals surface area contributed by atoms with Gasteiger partial charge in [-0.2, -0.15) is 8.42 Å². The van der Waals surface area contributed by atoms with Crippen LogP contribution in [0.15, 0.2) is 41.6 Å². The summed E-state index contributed by atoms with van der Waals surface area (Å²) in [5.41, 5.74) is -0.773. The van der Waals surface area contributed by atoms with E-state index in [2.05, 4.69) is 4.98 Å². The third-order valence-electron chi connectivity index (χ3n) is 2.45. The Morgan fingerprint density at radius 1 is 1.19 bits per heavy atom. The number of pyridine rings is 1. The first-order chi connectivity index (χ1) is 9.81. The number of rotatable bonds is 4. The van der Waals surface area contributed by atoms with Gasteiger partial charge in [0.1, 0.15) is 0 Å². The maximum atomic E-state index is 13.4. The molecule has 1 heterocycles. The van der Waals surface area contributed by atoms with Crippen LogP contribution in [0.1, 0.15) is 10.4 Å². The summed E-state index contributed by atoms with van der Waals surface area (Å²) in [6.45, 7) is 0. The fourth-order valence-electron chi connectivity index (χ4n) is 1.45. The molecule has 0 amide bonds. The van der Waals surface area contributed by atoms with Gasteiger partial charge in [-0.3, -0.25) is 4.72 Å². The van der Waals surface area contributed by atoms with E-state index in [0.29, 0.717) is 0 Å². The number of nitrogens with one attached hydrogen (secondary N) is 1. The Morgan fingerprint density at radius 3 is 2.48 bits per heavy atom. The second-order valence-corrected chi connectivity index (χ2v) is 5.53. The van der Waals surface area contributed by atoms with E-state index in [1.165, 1.54) is 0 Å². The Hall–Kier alpha value is -2.55. The molecule has 6 nitrogen and oxygen atoms in total. The predicted molar refractivity (Wildman–Crippen MR) is 68.4 cm³/mol. The Morgan fingerprint density at radius 2 is 1.90 bits per heavy atom. The van der Waals surface area contributed by atoms with Crippen molar-refractivity contribution in [3.8, 4) is 0 Å². The summed E-state index contributed by atoms with van der Waals surface area (Å²) in [6, 6.07) is 5.00. The molecule has 1 aromatic heterocycles. The molecule has 0 saturated heterocycles. The molecular weight excluding hydrogens is 306 g/mol. The lowest BCUT2D eigenvalue weighted by molar-refractivity contribution is 0.0696. The highest BCUT2D eigenvalue weighted by Crippen LogP contribution is 2.20. The van der Waals surface area contributed by atoms with Crippen molar-refractivity contribution < 1.29 is 27.1 Å². The van der Waals surface area contributed by atoms with Crippen molar-refractivity contribution in [2.75, 3.05) is 4.72 Å². The highest BCUT2D eigenvalue weighted by molar-refractivity contribution is 7.92. The molecule has 0 aliphatic rings. The van der Waals surface area contributed by atoms with Crippen LogP contribution in [0, 0.1) is 11.6 Å². The second-order valence-electron chi connectivity index (χ2n) is 3.90. The van der Waals surface area contributed by atoms with Crippen molar-refractivity contribution in [3.63, 3.8) is 0 Å². The van der Waals surface area contributed by atoms with Gasteiger partial charge >= 0.3 is 5.97 Å². The number of aromatic nitrogens is 1. The van der Waals surface area contributed by atoms with Crippen LogP contribution in [0.3, 0.4) is 0 Å². The van der Waals surface area contributed by atoms with Crippen LogP contribution in [-0.4, -0.2) is 24.5 Å². The summed E-state index contributed by atoms with van der Waals surface area (Å²) in [5, 5.41) is 8.17. The van der Waals surface area contributed by atoms with Crippen LogP contribution in [0.4, 0.5) is 14.5 Å². The number of halogens is 2. The van der Waals surface area contributed by atoms with Crippen molar-refractivity contribution >= 4 is 21.7 Å². The van der Waals surface area contributed by atoms with Crippen LogP contribution in [0.25, 0.3) is 0 Å². The normalized spacial score (nSPS) is 11.1. The zero-order chi connectivity index (χ0) is 15.6. The molecule has 21 heavy (non-hydrogen) atoms. The van der Waals surface area contributed by atoms with Gasteiger partial charge in [0.15, 0.2) is 16.7 Å². The number of hydrogen-bond acceptors (Lipinski definition) is 4. The summed E-state index contributed by atoms with van der Waals surface area (Å²) in [5.74, 6) is -3.82. The maximum absolute atomic E-state index is 13.4. The van der Waals surface area contributed by atoms with Gasteiger partial charge in [-0.05, 0) is 24.3 Å².